The third kappa shape index (κ3) is 1.46. The van der Waals surface area contributed by atoms with E-state index in [4.69, 9.17) is 4.74 Å². The first-order valence-corrected chi connectivity index (χ1v) is 4.98. The lowest BCUT2D eigenvalue weighted by atomic mass is 9.99. The third-order valence-electron chi connectivity index (χ3n) is 2.64. The molecule has 0 saturated carbocycles. The van der Waals surface area contributed by atoms with Gasteiger partial charge in [-0.2, -0.15) is 0 Å². The molecule has 1 aromatic heterocycles. The fourth-order valence-electron chi connectivity index (χ4n) is 1.93. The second-order valence-corrected chi connectivity index (χ2v) is 3.41. The van der Waals surface area contributed by atoms with E-state index in [0.29, 0.717) is 6.04 Å². The number of hydrogen-bond acceptors (Lipinski definition) is 4. The topological polar surface area (TPSA) is 47.0 Å². The lowest BCUT2D eigenvalue weighted by Gasteiger charge is -2.25. The SMILES string of the molecule is CCC1NCCc2c(OC)ncnc21. The average molecular weight is 193 g/mol. The molecule has 1 N–H and O–H groups in total. The van der Waals surface area contributed by atoms with Crippen molar-refractivity contribution in [3.8, 4) is 5.88 Å². The molecule has 1 atom stereocenters. The maximum Gasteiger partial charge on any atom is 0.219 e. The van der Waals surface area contributed by atoms with E-state index in [1.54, 1.807) is 13.4 Å². The first-order chi connectivity index (χ1) is 6.86. The summed E-state index contributed by atoms with van der Waals surface area (Å²) in [5.41, 5.74) is 2.27. The molecule has 1 aliphatic heterocycles. The lowest BCUT2D eigenvalue weighted by Crippen LogP contribution is -2.30. The molecule has 14 heavy (non-hydrogen) atoms. The van der Waals surface area contributed by atoms with E-state index in [9.17, 15) is 0 Å². The van der Waals surface area contributed by atoms with Crippen LogP contribution >= 0.6 is 0 Å². The van der Waals surface area contributed by atoms with E-state index in [1.165, 1.54) is 5.56 Å². The Balaban J connectivity index is 2.43. The summed E-state index contributed by atoms with van der Waals surface area (Å²) in [5.74, 6) is 0.731. The molecule has 1 unspecified atom stereocenters. The molecule has 4 nitrogen and oxygen atoms in total. The molecule has 0 aromatic carbocycles. The highest BCUT2D eigenvalue weighted by molar-refractivity contribution is 5.33. The zero-order valence-electron chi connectivity index (χ0n) is 8.58. The monoisotopic (exact) mass is 193 g/mol. The molecular weight excluding hydrogens is 178 g/mol. The van der Waals surface area contributed by atoms with Crippen molar-refractivity contribution in [1.82, 2.24) is 15.3 Å². The molecule has 1 aliphatic rings. The zero-order chi connectivity index (χ0) is 9.97. The molecule has 0 aliphatic carbocycles. The molecule has 0 bridgehead atoms. The van der Waals surface area contributed by atoms with Crippen LogP contribution in [0.4, 0.5) is 0 Å². The number of methoxy groups -OCH3 is 1. The Morgan fingerprint density at radius 1 is 1.57 bits per heavy atom. The normalized spacial score (nSPS) is 20.3. The molecule has 76 valence electrons. The van der Waals surface area contributed by atoms with E-state index in [1.807, 2.05) is 0 Å². The van der Waals surface area contributed by atoms with Crippen molar-refractivity contribution < 1.29 is 4.74 Å². The number of nitrogens with one attached hydrogen (secondary N) is 1. The van der Waals surface area contributed by atoms with Crippen LogP contribution in [0.15, 0.2) is 6.33 Å². The first-order valence-electron chi connectivity index (χ1n) is 4.98. The van der Waals surface area contributed by atoms with E-state index in [0.717, 1.165) is 31.0 Å². The molecule has 2 rings (SSSR count). The number of rotatable bonds is 2. The van der Waals surface area contributed by atoms with Gasteiger partial charge >= 0.3 is 0 Å². The summed E-state index contributed by atoms with van der Waals surface area (Å²) in [6, 6.07) is 0.357. The van der Waals surface area contributed by atoms with Gasteiger partial charge in [-0.15, -0.1) is 0 Å². The van der Waals surface area contributed by atoms with Crippen LogP contribution in [-0.4, -0.2) is 23.6 Å². The summed E-state index contributed by atoms with van der Waals surface area (Å²) < 4.78 is 5.23. The minimum absolute atomic E-state index is 0.357. The maximum atomic E-state index is 5.23. The molecule has 0 amide bonds. The standard InChI is InChI=1S/C10H15N3O/c1-3-8-9-7(4-5-11-8)10(14-2)13-6-12-9/h6,8,11H,3-5H2,1-2H3. The summed E-state index contributed by atoms with van der Waals surface area (Å²) >= 11 is 0. The predicted octanol–water partition coefficient (Wildman–Crippen LogP) is 1.08. The van der Waals surface area contributed by atoms with Crippen LogP contribution in [0.5, 0.6) is 5.88 Å². The summed E-state index contributed by atoms with van der Waals surface area (Å²) in [6.45, 7) is 3.14. The van der Waals surface area contributed by atoms with E-state index in [2.05, 4.69) is 22.2 Å². The molecule has 0 spiro atoms. The lowest BCUT2D eigenvalue weighted by molar-refractivity contribution is 0.378. The van der Waals surface area contributed by atoms with Crippen molar-refractivity contribution in [2.24, 2.45) is 0 Å². The molecule has 2 heterocycles. The Morgan fingerprint density at radius 2 is 2.43 bits per heavy atom. The molecule has 0 fully saturated rings. The third-order valence-corrected chi connectivity index (χ3v) is 2.64. The van der Waals surface area contributed by atoms with Gasteiger partial charge in [0.25, 0.3) is 0 Å². The fourth-order valence-corrected chi connectivity index (χ4v) is 1.93. The highest BCUT2D eigenvalue weighted by Crippen LogP contribution is 2.27. The van der Waals surface area contributed by atoms with Crippen molar-refractivity contribution in [1.29, 1.82) is 0 Å². The summed E-state index contributed by atoms with van der Waals surface area (Å²) in [4.78, 5) is 8.44. The Kier molecular flexibility index (Phi) is 2.63. The van der Waals surface area contributed by atoms with Gasteiger partial charge in [0.05, 0.1) is 12.8 Å². The van der Waals surface area contributed by atoms with Crippen molar-refractivity contribution in [2.75, 3.05) is 13.7 Å². The smallest absolute Gasteiger partial charge is 0.219 e. The van der Waals surface area contributed by atoms with E-state index >= 15 is 0 Å². The Labute approximate surface area is 83.7 Å². The predicted molar refractivity (Wildman–Crippen MR) is 53.3 cm³/mol. The number of nitrogens with zero attached hydrogens (tertiary/aromatic N) is 2. The quantitative estimate of drug-likeness (QED) is 0.763. The van der Waals surface area contributed by atoms with Crippen LogP contribution < -0.4 is 10.1 Å². The minimum atomic E-state index is 0.357. The maximum absolute atomic E-state index is 5.23. The second kappa shape index (κ2) is 3.92. The Bertz CT molecular complexity index is 327. The van der Waals surface area contributed by atoms with Crippen LogP contribution in [0, 0.1) is 0 Å². The van der Waals surface area contributed by atoms with Crippen LogP contribution in [-0.2, 0) is 6.42 Å². The molecule has 1 aromatic rings. The number of hydrogen-bond donors (Lipinski definition) is 1. The minimum Gasteiger partial charge on any atom is -0.481 e. The van der Waals surface area contributed by atoms with Gasteiger partial charge in [-0.05, 0) is 12.8 Å². The highest BCUT2D eigenvalue weighted by Gasteiger charge is 2.22. The van der Waals surface area contributed by atoms with Gasteiger partial charge < -0.3 is 10.1 Å². The summed E-state index contributed by atoms with van der Waals surface area (Å²) in [6.07, 6.45) is 3.58. The van der Waals surface area contributed by atoms with Gasteiger partial charge in [0.1, 0.15) is 6.33 Å². The van der Waals surface area contributed by atoms with E-state index < -0.39 is 0 Å². The van der Waals surface area contributed by atoms with Gasteiger partial charge in [-0.3, -0.25) is 0 Å². The Hall–Kier alpha value is -1.16. The molecule has 4 heteroatoms. The van der Waals surface area contributed by atoms with Gasteiger partial charge in [0, 0.05) is 18.2 Å². The van der Waals surface area contributed by atoms with Crippen molar-refractivity contribution in [3.05, 3.63) is 17.6 Å². The van der Waals surface area contributed by atoms with Crippen molar-refractivity contribution >= 4 is 0 Å². The molecular formula is C10H15N3O. The van der Waals surface area contributed by atoms with E-state index in [-0.39, 0.29) is 0 Å². The summed E-state index contributed by atoms with van der Waals surface area (Å²) in [5, 5.41) is 3.43. The Morgan fingerprint density at radius 3 is 3.14 bits per heavy atom. The van der Waals surface area contributed by atoms with Crippen molar-refractivity contribution in [2.45, 2.75) is 25.8 Å². The zero-order valence-corrected chi connectivity index (χ0v) is 8.58. The van der Waals surface area contributed by atoms with Gasteiger partial charge in [-0.1, -0.05) is 6.92 Å². The van der Waals surface area contributed by atoms with Gasteiger partial charge in [0.2, 0.25) is 5.88 Å². The van der Waals surface area contributed by atoms with Crippen LogP contribution in [0.25, 0.3) is 0 Å². The van der Waals surface area contributed by atoms with Crippen molar-refractivity contribution in [3.63, 3.8) is 0 Å². The molecule has 0 saturated heterocycles. The first kappa shape index (κ1) is 9.40. The van der Waals surface area contributed by atoms with Crippen LogP contribution in [0.3, 0.4) is 0 Å². The number of fused-ring (bicyclic) bond motifs is 1. The highest BCUT2D eigenvalue weighted by atomic mass is 16.5. The van der Waals surface area contributed by atoms with Gasteiger partial charge in [-0.25, -0.2) is 9.97 Å². The average Bonchev–Trinajstić information content (AvgIpc) is 2.27. The largest absolute Gasteiger partial charge is 0.481 e. The van der Waals surface area contributed by atoms with Crippen LogP contribution in [0.2, 0.25) is 0 Å². The fraction of sp³-hybridized carbons (Fsp3) is 0.600. The number of ether oxygens (including phenoxy) is 1. The molecule has 0 radical (unpaired) electrons. The van der Waals surface area contributed by atoms with Crippen LogP contribution in [0.1, 0.15) is 30.6 Å². The number of aromatic nitrogens is 2. The summed E-state index contributed by atoms with van der Waals surface area (Å²) in [7, 11) is 1.66. The second-order valence-electron chi connectivity index (χ2n) is 3.41. The van der Waals surface area contributed by atoms with Gasteiger partial charge in [0.15, 0.2) is 0 Å².